The molecule has 1 fully saturated rings. The fourth-order valence-corrected chi connectivity index (χ4v) is 4.18. The van der Waals surface area contributed by atoms with Gasteiger partial charge in [-0.2, -0.15) is 11.8 Å². The second-order valence-electron chi connectivity index (χ2n) is 6.02. The number of methoxy groups -OCH3 is 3. The zero-order valence-electron chi connectivity index (χ0n) is 16.7. The highest BCUT2D eigenvalue weighted by molar-refractivity contribution is 14.0. The summed E-state index contributed by atoms with van der Waals surface area (Å²) in [5.74, 6) is 4.16. The van der Waals surface area contributed by atoms with E-state index in [1.54, 1.807) is 21.3 Å². The second-order valence-corrected chi connectivity index (χ2v) is 7.43. The fraction of sp³-hybridized carbons (Fsp3) is 0.632. The zero-order chi connectivity index (χ0) is 18.8. The SMILES string of the molecule is CCNC(=NCC1CCCS1)NCCc1ccc(OC)c(OC)c1OC.I. The van der Waals surface area contributed by atoms with Crippen LogP contribution in [0.4, 0.5) is 0 Å². The van der Waals surface area contributed by atoms with E-state index in [-0.39, 0.29) is 24.0 Å². The van der Waals surface area contributed by atoms with Crippen molar-refractivity contribution in [3.05, 3.63) is 17.7 Å². The number of nitrogens with one attached hydrogen (secondary N) is 2. The Balaban J connectivity index is 0.00000364. The van der Waals surface area contributed by atoms with Crippen LogP contribution in [0.25, 0.3) is 0 Å². The summed E-state index contributed by atoms with van der Waals surface area (Å²) in [6.45, 7) is 4.57. The van der Waals surface area contributed by atoms with Gasteiger partial charge in [-0.05, 0) is 38.0 Å². The minimum atomic E-state index is 0. The molecule has 1 atom stereocenters. The Morgan fingerprint density at radius 1 is 1.15 bits per heavy atom. The maximum absolute atomic E-state index is 5.55. The molecule has 1 aliphatic heterocycles. The molecule has 1 heterocycles. The van der Waals surface area contributed by atoms with Gasteiger partial charge in [0.15, 0.2) is 17.5 Å². The van der Waals surface area contributed by atoms with E-state index in [1.807, 2.05) is 23.9 Å². The van der Waals surface area contributed by atoms with Crippen LogP contribution in [0, 0.1) is 0 Å². The van der Waals surface area contributed by atoms with Crippen molar-refractivity contribution in [1.29, 1.82) is 0 Å². The molecule has 1 unspecified atom stereocenters. The van der Waals surface area contributed by atoms with Crippen molar-refractivity contribution in [3.63, 3.8) is 0 Å². The van der Waals surface area contributed by atoms with Crippen molar-refractivity contribution in [2.45, 2.75) is 31.4 Å². The average molecular weight is 509 g/mol. The van der Waals surface area contributed by atoms with Gasteiger partial charge in [0.25, 0.3) is 0 Å². The molecule has 154 valence electrons. The van der Waals surface area contributed by atoms with Gasteiger partial charge in [-0.3, -0.25) is 4.99 Å². The van der Waals surface area contributed by atoms with E-state index in [0.29, 0.717) is 16.7 Å². The number of hydrogen-bond donors (Lipinski definition) is 2. The zero-order valence-corrected chi connectivity index (χ0v) is 19.8. The summed E-state index contributed by atoms with van der Waals surface area (Å²) in [6, 6.07) is 3.92. The van der Waals surface area contributed by atoms with Crippen molar-refractivity contribution in [2.75, 3.05) is 46.7 Å². The molecule has 0 amide bonds. The van der Waals surface area contributed by atoms with E-state index in [1.165, 1.54) is 18.6 Å². The Morgan fingerprint density at radius 2 is 1.93 bits per heavy atom. The first kappa shape index (κ1) is 24.0. The van der Waals surface area contributed by atoms with Crippen molar-refractivity contribution >= 4 is 41.7 Å². The molecule has 1 aromatic rings. The number of thioether (sulfide) groups is 1. The minimum absolute atomic E-state index is 0. The highest BCUT2D eigenvalue weighted by atomic mass is 127. The number of guanidine groups is 1. The normalized spacial score (nSPS) is 16.4. The van der Waals surface area contributed by atoms with Gasteiger partial charge in [0, 0.05) is 23.9 Å². The highest BCUT2D eigenvalue weighted by Gasteiger charge is 2.16. The van der Waals surface area contributed by atoms with Crippen molar-refractivity contribution in [1.82, 2.24) is 10.6 Å². The van der Waals surface area contributed by atoms with Crippen LogP contribution < -0.4 is 24.8 Å². The molecular weight excluding hydrogens is 477 g/mol. The largest absolute Gasteiger partial charge is 0.493 e. The van der Waals surface area contributed by atoms with Crippen LogP contribution in [0.1, 0.15) is 25.3 Å². The molecule has 1 aliphatic rings. The Morgan fingerprint density at radius 3 is 2.52 bits per heavy atom. The molecule has 0 aliphatic carbocycles. The summed E-state index contributed by atoms with van der Waals surface area (Å²) in [5, 5.41) is 7.39. The summed E-state index contributed by atoms with van der Waals surface area (Å²) in [4.78, 5) is 4.73. The van der Waals surface area contributed by atoms with E-state index in [2.05, 4.69) is 17.6 Å². The van der Waals surface area contributed by atoms with Crippen molar-refractivity contribution in [2.24, 2.45) is 4.99 Å². The molecule has 27 heavy (non-hydrogen) atoms. The van der Waals surface area contributed by atoms with Crippen LogP contribution in [-0.2, 0) is 6.42 Å². The molecule has 2 N–H and O–H groups in total. The lowest BCUT2D eigenvalue weighted by molar-refractivity contribution is 0.322. The van der Waals surface area contributed by atoms with Gasteiger partial charge in [-0.1, -0.05) is 6.07 Å². The highest BCUT2D eigenvalue weighted by Crippen LogP contribution is 2.39. The lowest BCUT2D eigenvalue weighted by Gasteiger charge is -2.17. The third kappa shape index (κ3) is 7.14. The number of hydrogen-bond acceptors (Lipinski definition) is 5. The van der Waals surface area contributed by atoms with E-state index in [9.17, 15) is 0 Å². The molecule has 8 heteroatoms. The predicted molar refractivity (Wildman–Crippen MR) is 125 cm³/mol. The Kier molecular flexibility index (Phi) is 11.7. The monoisotopic (exact) mass is 509 g/mol. The molecule has 0 spiro atoms. The smallest absolute Gasteiger partial charge is 0.203 e. The van der Waals surface area contributed by atoms with E-state index < -0.39 is 0 Å². The third-order valence-corrected chi connectivity index (χ3v) is 5.67. The van der Waals surface area contributed by atoms with E-state index >= 15 is 0 Å². The lowest BCUT2D eigenvalue weighted by Crippen LogP contribution is -2.38. The molecule has 0 radical (unpaired) electrons. The Hall–Kier alpha value is -1.03. The van der Waals surface area contributed by atoms with Gasteiger partial charge in [-0.15, -0.1) is 24.0 Å². The summed E-state index contributed by atoms with van der Waals surface area (Å²) in [7, 11) is 4.90. The van der Waals surface area contributed by atoms with Gasteiger partial charge in [0.2, 0.25) is 5.75 Å². The molecule has 1 aromatic carbocycles. The van der Waals surface area contributed by atoms with Gasteiger partial charge < -0.3 is 24.8 Å². The number of ether oxygens (including phenoxy) is 3. The van der Waals surface area contributed by atoms with Gasteiger partial charge in [-0.25, -0.2) is 0 Å². The van der Waals surface area contributed by atoms with Crippen molar-refractivity contribution < 1.29 is 14.2 Å². The standard InChI is InChI=1S/C19H31N3O3S.HI/c1-5-20-19(22-13-15-7-6-12-26-15)21-11-10-14-8-9-16(23-2)18(25-4)17(14)24-3;/h8-9,15H,5-7,10-13H2,1-4H3,(H2,20,21,22);1H. The fourth-order valence-electron chi connectivity index (χ4n) is 3.00. The van der Waals surface area contributed by atoms with E-state index in [0.717, 1.165) is 43.3 Å². The van der Waals surface area contributed by atoms with Gasteiger partial charge in [0.1, 0.15) is 0 Å². The predicted octanol–water partition coefficient (Wildman–Crippen LogP) is 3.32. The number of nitrogens with zero attached hydrogens (tertiary/aromatic N) is 1. The molecule has 0 saturated carbocycles. The second kappa shape index (κ2) is 13.2. The lowest BCUT2D eigenvalue weighted by atomic mass is 10.1. The van der Waals surface area contributed by atoms with Crippen LogP contribution in [0.2, 0.25) is 0 Å². The maximum Gasteiger partial charge on any atom is 0.203 e. The first-order chi connectivity index (χ1) is 12.7. The van der Waals surface area contributed by atoms with Gasteiger partial charge in [0.05, 0.1) is 27.9 Å². The topological polar surface area (TPSA) is 64.1 Å². The Labute approximate surface area is 184 Å². The van der Waals surface area contributed by atoms with Crippen LogP contribution >= 0.6 is 35.7 Å². The third-order valence-electron chi connectivity index (χ3n) is 4.29. The van der Waals surface area contributed by atoms with E-state index in [4.69, 9.17) is 19.2 Å². The van der Waals surface area contributed by atoms with Gasteiger partial charge >= 0.3 is 0 Å². The summed E-state index contributed by atoms with van der Waals surface area (Å²) in [5.41, 5.74) is 1.07. The van der Waals surface area contributed by atoms with Crippen LogP contribution in [0.15, 0.2) is 17.1 Å². The first-order valence-corrected chi connectivity index (χ1v) is 10.2. The molecule has 2 rings (SSSR count). The molecular formula is C19H32IN3O3S. The molecule has 0 aromatic heterocycles. The number of halogens is 1. The summed E-state index contributed by atoms with van der Waals surface area (Å²) >= 11 is 2.03. The number of benzene rings is 1. The Bertz CT molecular complexity index is 596. The molecule has 1 saturated heterocycles. The number of rotatable bonds is 9. The van der Waals surface area contributed by atoms with Crippen LogP contribution in [0.3, 0.4) is 0 Å². The minimum Gasteiger partial charge on any atom is -0.493 e. The number of aliphatic imine (C=N–C) groups is 1. The van der Waals surface area contributed by atoms with Crippen molar-refractivity contribution in [3.8, 4) is 17.2 Å². The van der Waals surface area contributed by atoms with Crippen LogP contribution in [-0.4, -0.2) is 57.9 Å². The summed E-state index contributed by atoms with van der Waals surface area (Å²) < 4.78 is 16.3. The molecule has 6 nitrogen and oxygen atoms in total. The van der Waals surface area contributed by atoms with Crippen LogP contribution in [0.5, 0.6) is 17.2 Å². The molecule has 0 bridgehead atoms. The first-order valence-electron chi connectivity index (χ1n) is 9.15. The maximum atomic E-state index is 5.55. The quantitative estimate of drug-likeness (QED) is 0.303. The summed E-state index contributed by atoms with van der Waals surface area (Å²) in [6.07, 6.45) is 3.39. The average Bonchev–Trinajstić information content (AvgIpc) is 3.18.